The molecule has 0 aliphatic heterocycles. The fraction of sp³-hybridized carbons (Fsp3) is 0.526. The summed E-state index contributed by atoms with van der Waals surface area (Å²) in [7, 11) is -1.11. The average molecular weight is 423 g/mol. The quantitative estimate of drug-likeness (QED) is 0.685. The number of methoxy groups -OCH3 is 1. The van der Waals surface area contributed by atoms with Crippen LogP contribution in [-0.4, -0.2) is 38.6 Å². The lowest BCUT2D eigenvalue weighted by Crippen LogP contribution is -2.46. The predicted octanol–water partition coefficient (Wildman–Crippen LogP) is 2.27. The maximum absolute atomic E-state index is 13.1. The highest BCUT2D eigenvalue weighted by atomic mass is 32.2. The van der Waals surface area contributed by atoms with Crippen molar-refractivity contribution >= 4 is 15.9 Å². The van der Waals surface area contributed by atoms with E-state index >= 15 is 0 Å². The number of aryl methyl sites for hydroxylation is 1. The van der Waals surface area contributed by atoms with Crippen LogP contribution < -0.4 is 14.8 Å². The Morgan fingerprint density at radius 1 is 1.21 bits per heavy atom. The van der Waals surface area contributed by atoms with Crippen LogP contribution in [0, 0.1) is 6.92 Å². The molecule has 1 aromatic carbocycles. The van der Waals surface area contributed by atoms with E-state index in [1.54, 1.807) is 6.92 Å². The van der Waals surface area contributed by atoms with Crippen molar-refractivity contribution in [2.24, 2.45) is 0 Å². The molecule has 10 heteroatoms. The number of rotatable bonds is 6. The Balaban J connectivity index is 1.97. The van der Waals surface area contributed by atoms with Gasteiger partial charge in [-0.2, -0.15) is 4.98 Å². The summed E-state index contributed by atoms with van der Waals surface area (Å²) in [6.07, 6.45) is 5.37. The molecule has 29 heavy (non-hydrogen) atoms. The molecule has 0 spiro atoms. The minimum Gasteiger partial charge on any atom is -0.495 e. The second-order valence-corrected chi connectivity index (χ2v) is 9.02. The van der Waals surface area contributed by atoms with Crippen LogP contribution in [0.3, 0.4) is 0 Å². The van der Waals surface area contributed by atoms with Crippen LogP contribution in [0.2, 0.25) is 0 Å². The van der Waals surface area contributed by atoms with Crippen molar-refractivity contribution in [2.75, 3.05) is 14.2 Å². The van der Waals surface area contributed by atoms with E-state index in [1.807, 2.05) is 0 Å². The Labute approximate surface area is 170 Å². The lowest BCUT2D eigenvalue weighted by atomic mass is 9.88. The van der Waals surface area contributed by atoms with Crippen molar-refractivity contribution in [1.82, 2.24) is 20.2 Å². The number of nitrogens with zero attached hydrogens (tertiary/aromatic N) is 2. The molecule has 1 fully saturated rings. The number of ether oxygens (including phenoxy) is 1. The van der Waals surface area contributed by atoms with Gasteiger partial charge >= 0.3 is 0 Å². The summed E-state index contributed by atoms with van der Waals surface area (Å²) in [5.41, 5.74) is -0.531. The molecule has 1 aliphatic carbocycles. The fourth-order valence-corrected chi connectivity index (χ4v) is 4.58. The Kier molecular flexibility index (Phi) is 6.23. The Hall–Kier alpha value is -2.46. The minimum atomic E-state index is -3.79. The SMILES string of the molecule is CNS(=O)(=O)c1cc(C(=O)NC2(c3noc(C)n3)CCCCCC2)ccc1OC. The second kappa shape index (κ2) is 8.50. The van der Waals surface area contributed by atoms with E-state index in [0.29, 0.717) is 24.6 Å². The van der Waals surface area contributed by atoms with Gasteiger partial charge in [-0.3, -0.25) is 4.79 Å². The molecule has 2 N–H and O–H groups in total. The molecule has 3 rings (SSSR count). The Morgan fingerprint density at radius 2 is 1.90 bits per heavy atom. The van der Waals surface area contributed by atoms with Gasteiger partial charge in [-0.05, 0) is 38.1 Å². The van der Waals surface area contributed by atoms with Gasteiger partial charge in [-0.15, -0.1) is 0 Å². The fourth-order valence-electron chi connectivity index (χ4n) is 3.66. The van der Waals surface area contributed by atoms with Gasteiger partial charge in [0, 0.05) is 12.5 Å². The van der Waals surface area contributed by atoms with Gasteiger partial charge in [-0.1, -0.05) is 30.8 Å². The molecule has 1 amide bonds. The molecule has 0 atom stereocenters. The number of nitrogens with one attached hydrogen (secondary N) is 2. The molecule has 0 bridgehead atoms. The van der Waals surface area contributed by atoms with Crippen LogP contribution in [0.15, 0.2) is 27.6 Å². The van der Waals surface area contributed by atoms with Crippen LogP contribution >= 0.6 is 0 Å². The summed E-state index contributed by atoms with van der Waals surface area (Å²) in [6.45, 7) is 1.71. The lowest BCUT2D eigenvalue weighted by Gasteiger charge is -2.30. The minimum absolute atomic E-state index is 0.0968. The highest BCUT2D eigenvalue weighted by Crippen LogP contribution is 2.35. The molecule has 0 saturated heterocycles. The largest absolute Gasteiger partial charge is 0.495 e. The number of carbonyl (C=O) groups is 1. The van der Waals surface area contributed by atoms with E-state index in [0.717, 1.165) is 25.7 Å². The summed E-state index contributed by atoms with van der Waals surface area (Å²) in [5.74, 6) is 0.657. The Bertz CT molecular complexity index is 978. The van der Waals surface area contributed by atoms with Crippen LogP contribution in [0.25, 0.3) is 0 Å². The van der Waals surface area contributed by atoms with Crippen molar-refractivity contribution in [2.45, 2.75) is 55.9 Å². The number of carbonyl (C=O) groups excluding carboxylic acids is 1. The van der Waals surface area contributed by atoms with Crippen LogP contribution in [0.1, 0.15) is 60.6 Å². The smallest absolute Gasteiger partial charge is 0.252 e. The lowest BCUT2D eigenvalue weighted by molar-refractivity contribution is 0.0876. The summed E-state index contributed by atoms with van der Waals surface area (Å²) >= 11 is 0. The number of hydrogen-bond acceptors (Lipinski definition) is 7. The highest BCUT2D eigenvalue weighted by molar-refractivity contribution is 7.89. The van der Waals surface area contributed by atoms with Crippen molar-refractivity contribution in [3.63, 3.8) is 0 Å². The summed E-state index contributed by atoms with van der Waals surface area (Å²) < 4.78 is 37.2. The molecule has 1 aliphatic rings. The van der Waals surface area contributed by atoms with Gasteiger partial charge in [0.25, 0.3) is 5.91 Å². The third-order valence-corrected chi connectivity index (χ3v) is 6.69. The van der Waals surface area contributed by atoms with Crippen LogP contribution in [0.5, 0.6) is 5.75 Å². The molecule has 1 aromatic heterocycles. The standard InChI is InChI=1S/C19H26N4O5S/c1-13-21-18(23-28-13)19(10-6-4-5-7-11-19)22-17(24)14-8-9-15(27-3)16(12-14)29(25,26)20-2/h8-9,12,20H,4-7,10-11H2,1-3H3,(H,22,24). The van der Waals surface area contributed by atoms with E-state index in [-0.39, 0.29) is 16.2 Å². The van der Waals surface area contributed by atoms with E-state index in [9.17, 15) is 13.2 Å². The number of aromatic nitrogens is 2. The number of hydrogen-bond donors (Lipinski definition) is 2. The molecule has 1 saturated carbocycles. The van der Waals surface area contributed by atoms with E-state index < -0.39 is 21.5 Å². The molecule has 0 unspecified atom stereocenters. The average Bonchev–Trinajstić information content (AvgIpc) is 3.02. The summed E-state index contributed by atoms with van der Waals surface area (Å²) in [4.78, 5) is 17.4. The van der Waals surface area contributed by atoms with Gasteiger partial charge in [0.05, 0.1) is 7.11 Å². The summed E-state index contributed by atoms with van der Waals surface area (Å²) in [5, 5.41) is 7.14. The van der Waals surface area contributed by atoms with E-state index in [1.165, 1.54) is 32.4 Å². The predicted molar refractivity (Wildman–Crippen MR) is 105 cm³/mol. The van der Waals surface area contributed by atoms with Crippen molar-refractivity contribution in [3.05, 3.63) is 35.5 Å². The molecule has 158 valence electrons. The molecule has 0 radical (unpaired) electrons. The first-order valence-corrected chi connectivity index (χ1v) is 11.0. The number of sulfonamides is 1. The third kappa shape index (κ3) is 4.43. The maximum atomic E-state index is 13.1. The maximum Gasteiger partial charge on any atom is 0.252 e. The Morgan fingerprint density at radius 3 is 2.45 bits per heavy atom. The van der Waals surface area contributed by atoms with Gasteiger partial charge in [0.2, 0.25) is 15.9 Å². The number of benzene rings is 1. The zero-order valence-electron chi connectivity index (χ0n) is 16.8. The van der Waals surface area contributed by atoms with Crippen molar-refractivity contribution < 1.29 is 22.5 Å². The first-order valence-electron chi connectivity index (χ1n) is 9.56. The highest BCUT2D eigenvalue weighted by Gasteiger charge is 2.39. The molecule has 1 heterocycles. The van der Waals surface area contributed by atoms with Gasteiger partial charge in [0.15, 0.2) is 5.82 Å². The normalized spacial score (nSPS) is 16.8. The molecular weight excluding hydrogens is 396 g/mol. The molecular formula is C19H26N4O5S. The van der Waals surface area contributed by atoms with Crippen LogP contribution in [0.4, 0.5) is 0 Å². The van der Waals surface area contributed by atoms with Gasteiger partial charge < -0.3 is 14.6 Å². The molecule has 9 nitrogen and oxygen atoms in total. The molecule has 2 aromatic rings. The van der Waals surface area contributed by atoms with Gasteiger partial charge in [-0.25, -0.2) is 13.1 Å². The van der Waals surface area contributed by atoms with E-state index in [2.05, 4.69) is 20.2 Å². The second-order valence-electron chi connectivity index (χ2n) is 7.16. The monoisotopic (exact) mass is 422 g/mol. The van der Waals surface area contributed by atoms with Crippen LogP contribution in [-0.2, 0) is 15.6 Å². The van der Waals surface area contributed by atoms with Crippen molar-refractivity contribution in [3.8, 4) is 5.75 Å². The summed E-state index contributed by atoms with van der Waals surface area (Å²) in [6, 6.07) is 4.32. The zero-order chi connectivity index (χ0) is 21.1. The first-order chi connectivity index (χ1) is 13.8. The first kappa shape index (κ1) is 21.3. The topological polar surface area (TPSA) is 123 Å². The van der Waals surface area contributed by atoms with Gasteiger partial charge in [0.1, 0.15) is 16.2 Å². The zero-order valence-corrected chi connectivity index (χ0v) is 17.6. The van der Waals surface area contributed by atoms with E-state index in [4.69, 9.17) is 9.26 Å². The number of amides is 1. The van der Waals surface area contributed by atoms with Crippen molar-refractivity contribution in [1.29, 1.82) is 0 Å². The third-order valence-electron chi connectivity index (χ3n) is 5.25.